The van der Waals surface area contributed by atoms with Gasteiger partial charge < -0.3 is 19.7 Å². The first kappa shape index (κ1) is 12.1. The van der Waals surface area contributed by atoms with Crippen LogP contribution >= 0.6 is 0 Å². The molecule has 2 N–H and O–H groups in total. The minimum Gasteiger partial charge on any atom is -0.388 e. The van der Waals surface area contributed by atoms with Gasteiger partial charge in [-0.05, 0) is 6.92 Å². The van der Waals surface area contributed by atoms with Gasteiger partial charge in [-0.15, -0.1) is 0 Å². The monoisotopic (exact) mass is 240 g/mol. The molecule has 1 aliphatic heterocycles. The summed E-state index contributed by atoms with van der Waals surface area (Å²) in [5, 5.41) is 16.4. The van der Waals surface area contributed by atoms with Crippen LogP contribution in [0.25, 0.3) is 0 Å². The standard InChI is InChI=1S/C11H16N2O4/c1-8-6-9(13-17-8)10(14)12-7-11(15)2-4-16-5-3-11/h6,15H,2-5,7H2,1H3,(H,12,14). The second-order valence-electron chi connectivity index (χ2n) is 4.34. The zero-order valence-corrected chi connectivity index (χ0v) is 9.73. The van der Waals surface area contributed by atoms with Crippen LogP contribution in [-0.2, 0) is 4.74 Å². The molecular weight excluding hydrogens is 224 g/mol. The number of carbonyl (C=O) groups is 1. The van der Waals surface area contributed by atoms with Crippen LogP contribution in [0.5, 0.6) is 0 Å². The first-order chi connectivity index (χ1) is 8.09. The smallest absolute Gasteiger partial charge is 0.273 e. The van der Waals surface area contributed by atoms with Crippen molar-refractivity contribution >= 4 is 5.91 Å². The predicted octanol–water partition coefficient (Wildman–Crippen LogP) is 0.254. The van der Waals surface area contributed by atoms with Crippen LogP contribution in [0.3, 0.4) is 0 Å². The fraction of sp³-hybridized carbons (Fsp3) is 0.636. The number of aliphatic hydroxyl groups is 1. The van der Waals surface area contributed by atoms with E-state index in [9.17, 15) is 9.90 Å². The molecule has 1 aliphatic rings. The quantitative estimate of drug-likeness (QED) is 0.791. The number of hydrogen-bond donors (Lipinski definition) is 2. The molecule has 2 rings (SSSR count). The Morgan fingerprint density at radius 2 is 2.29 bits per heavy atom. The molecule has 0 saturated carbocycles. The zero-order valence-electron chi connectivity index (χ0n) is 9.73. The molecule has 1 fully saturated rings. The van der Waals surface area contributed by atoms with Crippen molar-refractivity contribution in [2.45, 2.75) is 25.4 Å². The SMILES string of the molecule is Cc1cc(C(=O)NCC2(O)CCOCC2)no1. The van der Waals surface area contributed by atoms with Crippen molar-refractivity contribution in [3.63, 3.8) is 0 Å². The minimum absolute atomic E-state index is 0.209. The Morgan fingerprint density at radius 1 is 1.59 bits per heavy atom. The molecule has 0 aromatic carbocycles. The maximum absolute atomic E-state index is 11.7. The van der Waals surface area contributed by atoms with Crippen molar-refractivity contribution in [3.8, 4) is 0 Å². The summed E-state index contributed by atoms with van der Waals surface area (Å²) in [6.07, 6.45) is 1.07. The van der Waals surface area contributed by atoms with Crippen LogP contribution in [0.4, 0.5) is 0 Å². The van der Waals surface area contributed by atoms with Crippen molar-refractivity contribution in [3.05, 3.63) is 17.5 Å². The number of aryl methyl sites for hydroxylation is 1. The van der Waals surface area contributed by atoms with E-state index in [0.29, 0.717) is 31.8 Å². The molecule has 1 aromatic rings. The van der Waals surface area contributed by atoms with Crippen LogP contribution in [0.1, 0.15) is 29.1 Å². The van der Waals surface area contributed by atoms with E-state index in [4.69, 9.17) is 9.26 Å². The minimum atomic E-state index is -0.868. The summed E-state index contributed by atoms with van der Waals surface area (Å²) in [4.78, 5) is 11.7. The molecular formula is C11H16N2O4. The summed E-state index contributed by atoms with van der Waals surface area (Å²) in [6, 6.07) is 1.56. The normalized spacial score (nSPS) is 18.9. The van der Waals surface area contributed by atoms with Crippen LogP contribution in [0.2, 0.25) is 0 Å². The molecule has 6 nitrogen and oxygen atoms in total. The Morgan fingerprint density at radius 3 is 2.88 bits per heavy atom. The van der Waals surface area contributed by atoms with Gasteiger partial charge in [0.1, 0.15) is 5.76 Å². The van der Waals surface area contributed by atoms with E-state index in [2.05, 4.69) is 10.5 Å². The number of nitrogens with one attached hydrogen (secondary N) is 1. The zero-order chi connectivity index (χ0) is 12.3. The summed E-state index contributed by atoms with van der Waals surface area (Å²) in [5.41, 5.74) is -0.634. The predicted molar refractivity (Wildman–Crippen MR) is 58.6 cm³/mol. The first-order valence-corrected chi connectivity index (χ1v) is 5.61. The Balaban J connectivity index is 1.87. The highest BCUT2D eigenvalue weighted by Crippen LogP contribution is 2.19. The highest BCUT2D eigenvalue weighted by Gasteiger charge is 2.30. The van der Waals surface area contributed by atoms with Gasteiger partial charge in [-0.3, -0.25) is 4.79 Å². The van der Waals surface area contributed by atoms with E-state index < -0.39 is 5.60 Å². The Hall–Kier alpha value is -1.40. The van der Waals surface area contributed by atoms with Gasteiger partial charge >= 0.3 is 0 Å². The summed E-state index contributed by atoms with van der Waals surface area (Å²) >= 11 is 0. The molecule has 0 radical (unpaired) electrons. The average molecular weight is 240 g/mol. The molecule has 17 heavy (non-hydrogen) atoms. The maximum Gasteiger partial charge on any atom is 0.273 e. The van der Waals surface area contributed by atoms with Gasteiger partial charge in [0, 0.05) is 38.7 Å². The molecule has 1 amide bonds. The molecule has 94 valence electrons. The fourth-order valence-corrected chi connectivity index (χ4v) is 1.74. The molecule has 0 bridgehead atoms. The highest BCUT2D eigenvalue weighted by molar-refractivity contribution is 5.92. The fourth-order valence-electron chi connectivity index (χ4n) is 1.74. The van der Waals surface area contributed by atoms with E-state index >= 15 is 0 Å². The number of amides is 1. The number of hydrogen-bond acceptors (Lipinski definition) is 5. The lowest BCUT2D eigenvalue weighted by molar-refractivity contribution is -0.0605. The molecule has 0 atom stereocenters. The summed E-state index contributed by atoms with van der Waals surface area (Å²) in [6.45, 7) is 2.97. The van der Waals surface area contributed by atoms with E-state index in [1.165, 1.54) is 0 Å². The highest BCUT2D eigenvalue weighted by atomic mass is 16.5. The summed E-state index contributed by atoms with van der Waals surface area (Å²) in [7, 11) is 0. The van der Waals surface area contributed by atoms with Crippen molar-refractivity contribution < 1.29 is 19.2 Å². The Bertz CT molecular complexity index is 396. The van der Waals surface area contributed by atoms with Crippen LogP contribution in [0.15, 0.2) is 10.6 Å². The van der Waals surface area contributed by atoms with Gasteiger partial charge in [0.15, 0.2) is 5.69 Å². The van der Waals surface area contributed by atoms with Gasteiger partial charge in [0.2, 0.25) is 0 Å². The number of nitrogens with zero attached hydrogens (tertiary/aromatic N) is 1. The Labute approximate surface area is 98.9 Å². The second-order valence-corrected chi connectivity index (χ2v) is 4.34. The molecule has 0 unspecified atom stereocenters. The van der Waals surface area contributed by atoms with E-state index in [0.717, 1.165) is 0 Å². The third kappa shape index (κ3) is 3.04. The molecule has 0 aliphatic carbocycles. The number of rotatable bonds is 3. The van der Waals surface area contributed by atoms with E-state index in [1.807, 2.05) is 0 Å². The third-order valence-corrected chi connectivity index (χ3v) is 2.86. The van der Waals surface area contributed by atoms with Crippen molar-refractivity contribution in [2.24, 2.45) is 0 Å². The van der Waals surface area contributed by atoms with E-state index in [1.54, 1.807) is 13.0 Å². The van der Waals surface area contributed by atoms with Gasteiger partial charge in [0.05, 0.1) is 5.60 Å². The van der Waals surface area contributed by atoms with Gasteiger partial charge in [-0.2, -0.15) is 0 Å². The van der Waals surface area contributed by atoms with E-state index in [-0.39, 0.29) is 18.1 Å². The van der Waals surface area contributed by atoms with Crippen molar-refractivity contribution in [1.29, 1.82) is 0 Å². The van der Waals surface area contributed by atoms with Crippen LogP contribution in [0, 0.1) is 6.92 Å². The second kappa shape index (κ2) is 4.85. The van der Waals surface area contributed by atoms with Crippen LogP contribution in [-0.4, -0.2) is 41.5 Å². The maximum atomic E-state index is 11.7. The lowest BCUT2D eigenvalue weighted by Gasteiger charge is -2.31. The van der Waals surface area contributed by atoms with Crippen LogP contribution < -0.4 is 5.32 Å². The van der Waals surface area contributed by atoms with Gasteiger partial charge in [-0.25, -0.2) is 0 Å². The summed E-state index contributed by atoms with van der Waals surface area (Å²) < 4.78 is 9.97. The molecule has 1 aromatic heterocycles. The average Bonchev–Trinajstić information content (AvgIpc) is 2.74. The molecule has 0 spiro atoms. The lowest BCUT2D eigenvalue weighted by atomic mass is 9.94. The number of carbonyl (C=O) groups excluding carboxylic acids is 1. The van der Waals surface area contributed by atoms with Crippen molar-refractivity contribution in [2.75, 3.05) is 19.8 Å². The Kier molecular flexibility index (Phi) is 3.44. The van der Waals surface area contributed by atoms with Gasteiger partial charge in [-0.1, -0.05) is 5.16 Å². The topological polar surface area (TPSA) is 84.6 Å². The third-order valence-electron chi connectivity index (χ3n) is 2.86. The molecule has 6 heteroatoms. The number of ether oxygens (including phenoxy) is 1. The van der Waals surface area contributed by atoms with Crippen molar-refractivity contribution in [1.82, 2.24) is 10.5 Å². The van der Waals surface area contributed by atoms with Gasteiger partial charge in [0.25, 0.3) is 5.91 Å². The first-order valence-electron chi connectivity index (χ1n) is 5.61. The molecule has 2 heterocycles. The lowest BCUT2D eigenvalue weighted by Crippen LogP contribution is -2.46. The molecule has 1 saturated heterocycles. The number of aromatic nitrogens is 1. The largest absolute Gasteiger partial charge is 0.388 e. The summed E-state index contributed by atoms with van der Waals surface area (Å²) in [5.74, 6) is 0.252.